The molecule has 0 radical (unpaired) electrons. The molecule has 3 heteroatoms. The van der Waals surface area contributed by atoms with Crippen LogP contribution in [0.2, 0.25) is 0 Å². The Hall–Kier alpha value is -6.19. The molecular formula is C44H25NO2. The molecule has 3 nitrogen and oxygen atoms in total. The predicted molar refractivity (Wildman–Crippen MR) is 191 cm³/mol. The molecule has 7 aromatic carbocycles. The van der Waals surface area contributed by atoms with Gasteiger partial charge in [0.25, 0.3) is 0 Å². The monoisotopic (exact) mass is 599 g/mol. The Morgan fingerprint density at radius 3 is 1.83 bits per heavy atom. The molecule has 2 aliphatic carbocycles. The van der Waals surface area contributed by atoms with Gasteiger partial charge in [0.05, 0.1) is 21.8 Å². The third-order valence-electron chi connectivity index (χ3n) is 10.7. The molecule has 0 fully saturated rings. The van der Waals surface area contributed by atoms with Gasteiger partial charge in [-0.3, -0.25) is 0 Å². The molecule has 2 aliphatic rings. The van der Waals surface area contributed by atoms with E-state index in [1.54, 1.807) is 0 Å². The second-order valence-corrected chi connectivity index (χ2v) is 12.7. The molecule has 2 heterocycles. The van der Waals surface area contributed by atoms with Crippen LogP contribution in [0.25, 0.3) is 71.5 Å². The van der Waals surface area contributed by atoms with E-state index in [1.165, 1.54) is 60.8 Å². The highest BCUT2D eigenvalue weighted by Crippen LogP contribution is 2.64. The summed E-state index contributed by atoms with van der Waals surface area (Å²) >= 11 is 0. The standard InChI is InChI=1S/C44H25NO2/c46-43-32-22-21-26(25-34(32)30-14-5-10-20-40(30)47-43)45-39-19-9-4-13-29(39)31-23-24-38-41(42(31)45)33-15-3-8-18-37(33)44(38)35-16-6-1-11-27(35)28-12-2-7-17-36(28)44/h1-25H. The Labute approximate surface area is 269 Å². The first-order valence-corrected chi connectivity index (χ1v) is 16.1. The molecule has 0 amide bonds. The average molecular weight is 600 g/mol. The first-order valence-electron chi connectivity index (χ1n) is 16.1. The zero-order valence-electron chi connectivity index (χ0n) is 25.2. The summed E-state index contributed by atoms with van der Waals surface area (Å²) in [5.74, 6) is 0. The Kier molecular flexibility index (Phi) is 4.66. The largest absolute Gasteiger partial charge is 0.422 e. The van der Waals surface area contributed by atoms with Crippen molar-refractivity contribution >= 4 is 43.5 Å². The zero-order valence-corrected chi connectivity index (χ0v) is 25.2. The third kappa shape index (κ3) is 2.95. The summed E-state index contributed by atoms with van der Waals surface area (Å²) in [5.41, 5.74) is 13.6. The van der Waals surface area contributed by atoms with Gasteiger partial charge >= 0.3 is 5.63 Å². The van der Waals surface area contributed by atoms with E-state index in [0.717, 1.165) is 22.0 Å². The smallest absolute Gasteiger partial charge is 0.344 e. The second-order valence-electron chi connectivity index (χ2n) is 12.7. The van der Waals surface area contributed by atoms with Gasteiger partial charge in [-0.05, 0) is 69.3 Å². The van der Waals surface area contributed by atoms with Gasteiger partial charge in [0.15, 0.2) is 0 Å². The molecule has 218 valence electrons. The fraction of sp³-hybridized carbons (Fsp3) is 0.0227. The summed E-state index contributed by atoms with van der Waals surface area (Å²) in [5, 5.41) is 4.82. The zero-order chi connectivity index (χ0) is 30.9. The average Bonchev–Trinajstić information content (AvgIpc) is 3.73. The van der Waals surface area contributed by atoms with Crippen molar-refractivity contribution < 1.29 is 4.42 Å². The highest BCUT2D eigenvalue weighted by atomic mass is 16.4. The number of fused-ring (bicyclic) bond motifs is 17. The summed E-state index contributed by atoms with van der Waals surface area (Å²) < 4.78 is 8.11. The van der Waals surface area contributed by atoms with E-state index in [1.807, 2.05) is 30.3 Å². The van der Waals surface area contributed by atoms with Crippen LogP contribution < -0.4 is 5.63 Å². The fourth-order valence-corrected chi connectivity index (χ4v) is 8.90. The van der Waals surface area contributed by atoms with E-state index in [-0.39, 0.29) is 5.63 Å². The van der Waals surface area contributed by atoms with Crippen molar-refractivity contribution in [1.82, 2.24) is 4.57 Å². The van der Waals surface area contributed by atoms with Crippen LogP contribution in [0.15, 0.2) is 161 Å². The van der Waals surface area contributed by atoms with Crippen molar-refractivity contribution in [2.45, 2.75) is 5.41 Å². The van der Waals surface area contributed by atoms with E-state index >= 15 is 0 Å². The number of nitrogens with zero attached hydrogens (tertiary/aromatic N) is 1. The number of hydrogen-bond donors (Lipinski definition) is 0. The summed E-state index contributed by atoms with van der Waals surface area (Å²) in [4.78, 5) is 13.1. The molecule has 11 rings (SSSR count). The molecule has 0 unspecified atom stereocenters. The molecular weight excluding hydrogens is 574 g/mol. The van der Waals surface area contributed by atoms with Crippen LogP contribution in [0.5, 0.6) is 0 Å². The van der Waals surface area contributed by atoms with Gasteiger partial charge in [0.2, 0.25) is 0 Å². The summed E-state index contributed by atoms with van der Waals surface area (Å²) in [6, 6.07) is 54.2. The normalized spacial score (nSPS) is 13.8. The Balaban J connectivity index is 1.33. The van der Waals surface area contributed by atoms with Crippen LogP contribution in [-0.4, -0.2) is 4.57 Å². The number of benzene rings is 7. The maximum atomic E-state index is 13.1. The van der Waals surface area contributed by atoms with Crippen molar-refractivity contribution in [2.75, 3.05) is 0 Å². The summed E-state index contributed by atoms with van der Waals surface area (Å²) in [7, 11) is 0. The van der Waals surface area contributed by atoms with E-state index in [0.29, 0.717) is 11.0 Å². The molecule has 0 saturated heterocycles. The minimum absolute atomic E-state index is 0.317. The molecule has 0 atom stereocenters. The Bertz CT molecular complexity index is 2840. The van der Waals surface area contributed by atoms with E-state index in [4.69, 9.17) is 4.42 Å². The van der Waals surface area contributed by atoms with E-state index < -0.39 is 5.41 Å². The van der Waals surface area contributed by atoms with Crippen molar-refractivity contribution in [3.8, 4) is 27.9 Å². The molecule has 0 saturated carbocycles. The molecule has 9 aromatic rings. The predicted octanol–water partition coefficient (Wildman–Crippen LogP) is 10.4. The first kappa shape index (κ1) is 25.1. The van der Waals surface area contributed by atoms with Gasteiger partial charge in [-0.2, -0.15) is 0 Å². The van der Waals surface area contributed by atoms with Gasteiger partial charge in [-0.25, -0.2) is 4.79 Å². The number of hydrogen-bond acceptors (Lipinski definition) is 2. The Morgan fingerprint density at radius 2 is 1.06 bits per heavy atom. The van der Waals surface area contributed by atoms with Crippen molar-refractivity contribution in [2.24, 2.45) is 0 Å². The minimum atomic E-state index is -0.423. The summed E-state index contributed by atoms with van der Waals surface area (Å²) in [6.07, 6.45) is 0. The molecule has 47 heavy (non-hydrogen) atoms. The van der Waals surface area contributed by atoms with Crippen molar-refractivity contribution in [3.63, 3.8) is 0 Å². The van der Waals surface area contributed by atoms with Gasteiger partial charge < -0.3 is 8.98 Å². The SMILES string of the molecule is O=c1oc2ccccc2c2cc(-n3c4ccccc4c4ccc5c(c43)-c3ccccc3C53c4ccccc4-c4ccccc43)ccc12. The van der Waals surface area contributed by atoms with Crippen molar-refractivity contribution in [3.05, 3.63) is 184 Å². The summed E-state index contributed by atoms with van der Waals surface area (Å²) in [6.45, 7) is 0. The molecule has 2 aromatic heterocycles. The van der Waals surface area contributed by atoms with Crippen LogP contribution in [0.4, 0.5) is 0 Å². The molecule has 0 aliphatic heterocycles. The highest BCUT2D eigenvalue weighted by Gasteiger charge is 2.52. The van der Waals surface area contributed by atoms with Crippen LogP contribution >= 0.6 is 0 Å². The van der Waals surface area contributed by atoms with Crippen LogP contribution in [0, 0.1) is 0 Å². The van der Waals surface area contributed by atoms with Gasteiger partial charge in [-0.15, -0.1) is 0 Å². The third-order valence-corrected chi connectivity index (χ3v) is 10.7. The van der Waals surface area contributed by atoms with E-state index in [9.17, 15) is 4.79 Å². The number of para-hydroxylation sites is 2. The first-order chi connectivity index (χ1) is 23.2. The van der Waals surface area contributed by atoms with Crippen LogP contribution in [-0.2, 0) is 5.41 Å². The lowest BCUT2D eigenvalue weighted by molar-refractivity contribution is 0.569. The quantitative estimate of drug-likeness (QED) is 0.139. The maximum absolute atomic E-state index is 13.1. The van der Waals surface area contributed by atoms with Crippen molar-refractivity contribution in [1.29, 1.82) is 0 Å². The second kappa shape index (κ2) is 8.74. The maximum Gasteiger partial charge on any atom is 0.344 e. The fourth-order valence-electron chi connectivity index (χ4n) is 8.90. The molecule has 0 bridgehead atoms. The lowest BCUT2D eigenvalue weighted by Crippen LogP contribution is -2.25. The lowest BCUT2D eigenvalue weighted by atomic mass is 9.70. The van der Waals surface area contributed by atoms with Crippen LogP contribution in [0.3, 0.4) is 0 Å². The van der Waals surface area contributed by atoms with Gasteiger partial charge in [0, 0.05) is 32.8 Å². The number of rotatable bonds is 1. The van der Waals surface area contributed by atoms with Gasteiger partial charge in [-0.1, -0.05) is 121 Å². The highest BCUT2D eigenvalue weighted by molar-refractivity contribution is 6.17. The number of aromatic nitrogens is 1. The molecule has 0 N–H and O–H groups in total. The topological polar surface area (TPSA) is 35.1 Å². The molecule has 1 spiro atoms. The van der Waals surface area contributed by atoms with Crippen LogP contribution in [0.1, 0.15) is 22.3 Å². The van der Waals surface area contributed by atoms with E-state index in [2.05, 4.69) is 126 Å². The minimum Gasteiger partial charge on any atom is -0.422 e. The van der Waals surface area contributed by atoms with Gasteiger partial charge in [0.1, 0.15) is 5.58 Å². The Morgan fingerprint density at radius 1 is 0.468 bits per heavy atom. The lowest BCUT2D eigenvalue weighted by Gasteiger charge is -2.30.